The molecular weight excluding hydrogens is 277 g/mol. The van der Waals surface area contributed by atoms with Crippen LogP contribution in [0.1, 0.15) is 26.3 Å². The van der Waals surface area contributed by atoms with E-state index in [1.165, 1.54) is 24.3 Å². The number of aromatic carboxylic acids is 1. The predicted molar refractivity (Wildman–Crippen MR) is 74.2 cm³/mol. The van der Waals surface area contributed by atoms with Gasteiger partial charge in [0.1, 0.15) is 11.6 Å². The van der Waals surface area contributed by atoms with Crippen LogP contribution in [0.4, 0.5) is 10.1 Å². The summed E-state index contributed by atoms with van der Waals surface area (Å²) in [6.07, 6.45) is 0. The Kier molecular flexibility index (Phi) is 3.89. The number of carbonyl (C=O) groups excluding carboxylic acids is 1. The van der Waals surface area contributed by atoms with Gasteiger partial charge in [-0.05, 0) is 42.8 Å². The van der Waals surface area contributed by atoms with Gasteiger partial charge in [0.25, 0.3) is 5.91 Å². The summed E-state index contributed by atoms with van der Waals surface area (Å²) in [6, 6.07) is 7.34. The third-order valence-electron chi connectivity index (χ3n) is 2.94. The molecule has 0 radical (unpaired) electrons. The smallest absolute Gasteiger partial charge is 0.335 e. The number of hydrogen-bond donors (Lipinski definition) is 3. The first-order chi connectivity index (χ1) is 9.88. The summed E-state index contributed by atoms with van der Waals surface area (Å²) >= 11 is 0. The zero-order valence-electron chi connectivity index (χ0n) is 11.1. The quantitative estimate of drug-likeness (QED) is 0.758. The summed E-state index contributed by atoms with van der Waals surface area (Å²) in [5, 5.41) is 20.9. The summed E-state index contributed by atoms with van der Waals surface area (Å²) in [5.74, 6) is -2.71. The second kappa shape index (κ2) is 5.62. The van der Waals surface area contributed by atoms with Crippen molar-refractivity contribution in [3.8, 4) is 5.75 Å². The van der Waals surface area contributed by atoms with Gasteiger partial charge in [0, 0.05) is 5.56 Å². The van der Waals surface area contributed by atoms with Crippen LogP contribution in [0.2, 0.25) is 0 Å². The van der Waals surface area contributed by atoms with Gasteiger partial charge in [-0.3, -0.25) is 4.79 Å². The van der Waals surface area contributed by atoms with Crippen LogP contribution >= 0.6 is 0 Å². The molecule has 21 heavy (non-hydrogen) atoms. The van der Waals surface area contributed by atoms with E-state index in [4.69, 9.17) is 5.11 Å². The van der Waals surface area contributed by atoms with Crippen molar-refractivity contribution in [3.63, 3.8) is 0 Å². The first kappa shape index (κ1) is 14.5. The van der Waals surface area contributed by atoms with Crippen molar-refractivity contribution in [2.75, 3.05) is 5.32 Å². The molecule has 0 fully saturated rings. The Balaban J connectivity index is 2.27. The summed E-state index contributed by atoms with van der Waals surface area (Å²) in [4.78, 5) is 22.8. The number of aryl methyl sites for hydroxylation is 1. The minimum atomic E-state index is -1.19. The van der Waals surface area contributed by atoms with Crippen molar-refractivity contribution in [1.82, 2.24) is 0 Å². The summed E-state index contributed by atoms with van der Waals surface area (Å²) in [6.45, 7) is 1.65. The molecule has 2 rings (SSSR count). The molecule has 0 atom stereocenters. The molecule has 1 amide bonds. The van der Waals surface area contributed by atoms with Crippen molar-refractivity contribution in [1.29, 1.82) is 0 Å². The molecule has 0 aliphatic heterocycles. The number of carboxylic acid groups (broad SMARTS) is 1. The number of amides is 1. The molecule has 3 N–H and O–H groups in total. The molecule has 0 bridgehead atoms. The minimum absolute atomic E-state index is 0.0497. The number of rotatable bonds is 3. The maximum atomic E-state index is 13.2. The average molecular weight is 289 g/mol. The predicted octanol–water partition coefficient (Wildman–Crippen LogP) is 2.79. The zero-order valence-corrected chi connectivity index (χ0v) is 11.1. The monoisotopic (exact) mass is 289 g/mol. The third-order valence-corrected chi connectivity index (χ3v) is 2.94. The fourth-order valence-corrected chi connectivity index (χ4v) is 1.80. The standard InChI is InChI=1S/C15H12FNO4/c1-8-2-4-10(16)7-11(8)14(19)17-12-5-3-9(15(20)21)6-13(12)18/h2-7,18H,1H3,(H,17,19)(H,20,21). The van der Waals surface area contributed by atoms with Gasteiger partial charge in [-0.1, -0.05) is 6.07 Å². The number of anilines is 1. The number of hydrogen-bond acceptors (Lipinski definition) is 3. The maximum absolute atomic E-state index is 13.2. The number of benzene rings is 2. The molecule has 0 unspecified atom stereocenters. The van der Waals surface area contributed by atoms with Crippen LogP contribution in [0, 0.1) is 12.7 Å². The van der Waals surface area contributed by atoms with Crippen LogP contribution in [0.25, 0.3) is 0 Å². The lowest BCUT2D eigenvalue weighted by Crippen LogP contribution is -2.14. The number of phenols is 1. The number of halogens is 1. The SMILES string of the molecule is Cc1ccc(F)cc1C(=O)Nc1ccc(C(=O)O)cc1O. The van der Waals surface area contributed by atoms with Gasteiger partial charge in [0.15, 0.2) is 0 Å². The van der Waals surface area contributed by atoms with E-state index in [1.54, 1.807) is 6.92 Å². The molecule has 108 valence electrons. The van der Waals surface area contributed by atoms with E-state index in [0.717, 1.165) is 12.1 Å². The number of carbonyl (C=O) groups is 2. The highest BCUT2D eigenvalue weighted by molar-refractivity contribution is 6.06. The Labute approximate surface area is 119 Å². The van der Waals surface area contributed by atoms with Gasteiger partial charge in [-0.25, -0.2) is 9.18 Å². The van der Waals surface area contributed by atoms with Crippen molar-refractivity contribution in [2.45, 2.75) is 6.92 Å². The topological polar surface area (TPSA) is 86.6 Å². The second-order valence-electron chi connectivity index (χ2n) is 4.45. The maximum Gasteiger partial charge on any atom is 0.335 e. The Morgan fingerprint density at radius 1 is 1.14 bits per heavy atom. The molecular formula is C15H12FNO4. The Bertz CT molecular complexity index is 728. The van der Waals surface area contributed by atoms with E-state index in [9.17, 15) is 19.1 Å². The van der Waals surface area contributed by atoms with Crippen molar-refractivity contribution in [3.05, 3.63) is 58.9 Å². The van der Waals surface area contributed by atoms with Crippen molar-refractivity contribution in [2.24, 2.45) is 0 Å². The number of carboxylic acids is 1. The van der Waals surface area contributed by atoms with Crippen LogP contribution in [-0.4, -0.2) is 22.1 Å². The van der Waals surface area contributed by atoms with E-state index in [-0.39, 0.29) is 22.6 Å². The summed E-state index contributed by atoms with van der Waals surface area (Å²) in [5.41, 5.74) is 0.661. The van der Waals surface area contributed by atoms with E-state index in [0.29, 0.717) is 5.56 Å². The molecule has 0 spiro atoms. The third kappa shape index (κ3) is 3.17. The van der Waals surface area contributed by atoms with Gasteiger partial charge < -0.3 is 15.5 Å². The molecule has 0 saturated carbocycles. The van der Waals surface area contributed by atoms with Gasteiger partial charge >= 0.3 is 5.97 Å². The molecule has 0 aliphatic carbocycles. The Hall–Kier alpha value is -2.89. The average Bonchev–Trinajstić information content (AvgIpc) is 2.43. The van der Waals surface area contributed by atoms with Gasteiger partial charge in [-0.2, -0.15) is 0 Å². The molecule has 0 saturated heterocycles. The van der Waals surface area contributed by atoms with Crippen LogP contribution in [0.5, 0.6) is 5.75 Å². The highest BCUT2D eigenvalue weighted by Gasteiger charge is 2.14. The molecule has 2 aromatic rings. The largest absolute Gasteiger partial charge is 0.506 e. The van der Waals surface area contributed by atoms with Crippen LogP contribution in [0.3, 0.4) is 0 Å². The van der Waals surface area contributed by atoms with Gasteiger partial charge in [0.05, 0.1) is 11.3 Å². The van der Waals surface area contributed by atoms with Crippen molar-refractivity contribution >= 4 is 17.6 Å². The molecule has 2 aromatic carbocycles. The Morgan fingerprint density at radius 3 is 2.48 bits per heavy atom. The van der Waals surface area contributed by atoms with E-state index in [1.807, 2.05) is 0 Å². The summed E-state index contributed by atoms with van der Waals surface area (Å²) < 4.78 is 13.2. The van der Waals surface area contributed by atoms with E-state index >= 15 is 0 Å². The van der Waals surface area contributed by atoms with Gasteiger partial charge in [0.2, 0.25) is 0 Å². The number of phenolic OH excluding ortho intramolecular Hbond substituents is 1. The van der Waals surface area contributed by atoms with Gasteiger partial charge in [-0.15, -0.1) is 0 Å². The van der Waals surface area contributed by atoms with Crippen LogP contribution in [0.15, 0.2) is 36.4 Å². The number of nitrogens with one attached hydrogen (secondary N) is 1. The molecule has 6 heteroatoms. The zero-order chi connectivity index (χ0) is 15.6. The first-order valence-corrected chi connectivity index (χ1v) is 6.02. The lowest BCUT2D eigenvalue weighted by atomic mass is 10.1. The molecule has 0 aliphatic rings. The molecule has 0 heterocycles. The molecule has 0 aromatic heterocycles. The fraction of sp³-hybridized carbons (Fsp3) is 0.0667. The number of aromatic hydroxyl groups is 1. The van der Waals surface area contributed by atoms with E-state index in [2.05, 4.69) is 5.32 Å². The Morgan fingerprint density at radius 2 is 1.86 bits per heavy atom. The lowest BCUT2D eigenvalue weighted by molar-refractivity contribution is 0.0696. The van der Waals surface area contributed by atoms with E-state index < -0.39 is 17.7 Å². The highest BCUT2D eigenvalue weighted by Crippen LogP contribution is 2.25. The van der Waals surface area contributed by atoms with Crippen molar-refractivity contribution < 1.29 is 24.2 Å². The summed E-state index contributed by atoms with van der Waals surface area (Å²) in [7, 11) is 0. The fourth-order valence-electron chi connectivity index (χ4n) is 1.80. The highest BCUT2D eigenvalue weighted by atomic mass is 19.1. The lowest BCUT2D eigenvalue weighted by Gasteiger charge is -2.09. The van der Waals surface area contributed by atoms with Crippen LogP contribution in [-0.2, 0) is 0 Å². The normalized spacial score (nSPS) is 10.2. The minimum Gasteiger partial charge on any atom is -0.506 e. The molecule has 5 nitrogen and oxygen atoms in total. The van der Waals surface area contributed by atoms with Crippen LogP contribution < -0.4 is 5.32 Å². The first-order valence-electron chi connectivity index (χ1n) is 6.02. The second-order valence-corrected chi connectivity index (χ2v) is 4.45.